The highest BCUT2D eigenvalue weighted by molar-refractivity contribution is 6.07. The molecular formula is C31H29N3O5. The average molecular weight is 524 g/mol. The van der Waals surface area contributed by atoms with Crippen LogP contribution in [-0.4, -0.2) is 29.5 Å². The fraction of sp³-hybridized carbons (Fsp3) is 0.258. The number of para-hydroxylation sites is 1. The Labute approximate surface area is 226 Å². The molecule has 2 aliphatic heterocycles. The summed E-state index contributed by atoms with van der Waals surface area (Å²) in [6.45, 7) is 4.52. The molecule has 0 unspecified atom stereocenters. The SMILES string of the molecule is CCOc1cc([C@@H]2[C@H](C)N[C@@]3(C(=O)Nc4ccccc43)[C@H]2[N+](=O)[O-])ccc1OCc1cccc2ccccc12. The van der Waals surface area contributed by atoms with Gasteiger partial charge in [0.05, 0.1) is 12.5 Å². The molecule has 198 valence electrons. The van der Waals surface area contributed by atoms with Crippen molar-refractivity contribution in [2.45, 2.75) is 44.0 Å². The zero-order chi connectivity index (χ0) is 27.1. The highest BCUT2D eigenvalue weighted by Gasteiger charge is 2.67. The first-order valence-electron chi connectivity index (χ1n) is 13.1. The lowest BCUT2D eigenvalue weighted by molar-refractivity contribution is -0.532. The van der Waals surface area contributed by atoms with Gasteiger partial charge in [0.1, 0.15) is 6.61 Å². The predicted molar refractivity (Wildman–Crippen MR) is 149 cm³/mol. The smallest absolute Gasteiger partial charge is 0.256 e. The van der Waals surface area contributed by atoms with E-state index in [-0.39, 0.29) is 11.0 Å². The molecule has 1 spiro atoms. The number of benzene rings is 4. The molecule has 2 heterocycles. The van der Waals surface area contributed by atoms with E-state index in [0.29, 0.717) is 41.5 Å². The molecule has 6 rings (SSSR count). The molecule has 0 aromatic heterocycles. The summed E-state index contributed by atoms with van der Waals surface area (Å²) in [5, 5.41) is 21.0. The molecule has 39 heavy (non-hydrogen) atoms. The summed E-state index contributed by atoms with van der Waals surface area (Å²) < 4.78 is 12.2. The molecule has 0 saturated carbocycles. The number of carbonyl (C=O) groups excluding carboxylic acids is 1. The first-order chi connectivity index (χ1) is 18.9. The van der Waals surface area contributed by atoms with E-state index < -0.39 is 23.4 Å². The summed E-state index contributed by atoms with van der Waals surface area (Å²) in [4.78, 5) is 25.6. The van der Waals surface area contributed by atoms with Crippen molar-refractivity contribution < 1.29 is 19.2 Å². The van der Waals surface area contributed by atoms with Gasteiger partial charge in [-0.2, -0.15) is 0 Å². The molecule has 8 heteroatoms. The van der Waals surface area contributed by atoms with Gasteiger partial charge in [0, 0.05) is 22.2 Å². The van der Waals surface area contributed by atoms with Crippen LogP contribution in [0.25, 0.3) is 10.8 Å². The molecule has 1 fully saturated rings. The number of nitrogens with one attached hydrogen (secondary N) is 2. The maximum absolute atomic E-state index is 13.3. The molecule has 4 aromatic rings. The van der Waals surface area contributed by atoms with E-state index in [1.54, 1.807) is 24.3 Å². The Bertz CT molecular complexity index is 1580. The van der Waals surface area contributed by atoms with Crippen molar-refractivity contribution >= 4 is 22.4 Å². The van der Waals surface area contributed by atoms with Crippen molar-refractivity contribution in [1.29, 1.82) is 0 Å². The van der Waals surface area contributed by atoms with Crippen LogP contribution >= 0.6 is 0 Å². The maximum Gasteiger partial charge on any atom is 0.256 e. The molecule has 0 radical (unpaired) electrons. The Hall–Kier alpha value is -4.43. The third-order valence-corrected chi connectivity index (χ3v) is 7.88. The van der Waals surface area contributed by atoms with Crippen LogP contribution < -0.4 is 20.1 Å². The largest absolute Gasteiger partial charge is 0.490 e. The number of amides is 1. The number of nitrogens with zero attached hydrogens (tertiary/aromatic N) is 1. The van der Waals surface area contributed by atoms with Gasteiger partial charge in [0.2, 0.25) is 0 Å². The van der Waals surface area contributed by atoms with E-state index in [1.807, 2.05) is 56.3 Å². The molecule has 4 atom stereocenters. The monoisotopic (exact) mass is 523 g/mol. The Morgan fingerprint density at radius 1 is 0.949 bits per heavy atom. The fourth-order valence-electron chi connectivity index (χ4n) is 6.25. The summed E-state index contributed by atoms with van der Waals surface area (Å²) in [6.07, 6.45) is 0. The van der Waals surface area contributed by atoms with E-state index in [0.717, 1.165) is 16.3 Å². The van der Waals surface area contributed by atoms with Crippen molar-refractivity contribution in [1.82, 2.24) is 5.32 Å². The molecule has 1 amide bonds. The van der Waals surface area contributed by atoms with Gasteiger partial charge in [-0.25, -0.2) is 0 Å². The van der Waals surface area contributed by atoms with Crippen molar-refractivity contribution in [3.63, 3.8) is 0 Å². The van der Waals surface area contributed by atoms with Gasteiger partial charge in [0.25, 0.3) is 11.9 Å². The summed E-state index contributed by atoms with van der Waals surface area (Å²) in [6, 6.07) is 25.3. The summed E-state index contributed by atoms with van der Waals surface area (Å²) in [5.74, 6) is 0.0910. The van der Waals surface area contributed by atoms with Crippen LogP contribution in [0.4, 0.5) is 5.69 Å². The van der Waals surface area contributed by atoms with Crippen LogP contribution in [-0.2, 0) is 16.9 Å². The summed E-state index contributed by atoms with van der Waals surface area (Å²) in [5.41, 5.74) is 1.51. The van der Waals surface area contributed by atoms with Crippen molar-refractivity contribution in [3.05, 3.63) is 112 Å². The Kier molecular flexibility index (Phi) is 6.19. The molecule has 1 saturated heterocycles. The second-order valence-electron chi connectivity index (χ2n) is 10.1. The van der Waals surface area contributed by atoms with Gasteiger partial charge in [-0.3, -0.25) is 20.2 Å². The van der Waals surface area contributed by atoms with Crippen LogP contribution in [0.1, 0.15) is 36.5 Å². The van der Waals surface area contributed by atoms with Crippen molar-refractivity contribution in [3.8, 4) is 11.5 Å². The number of hydrogen-bond acceptors (Lipinski definition) is 6. The average Bonchev–Trinajstić information content (AvgIpc) is 3.41. The third kappa shape index (κ3) is 3.99. The summed E-state index contributed by atoms with van der Waals surface area (Å²) >= 11 is 0. The number of carbonyl (C=O) groups is 1. The zero-order valence-corrected chi connectivity index (χ0v) is 21.7. The molecule has 4 aromatic carbocycles. The van der Waals surface area contributed by atoms with Gasteiger partial charge in [-0.1, -0.05) is 66.7 Å². The molecule has 2 aliphatic rings. The third-order valence-electron chi connectivity index (χ3n) is 7.88. The van der Waals surface area contributed by atoms with E-state index in [9.17, 15) is 14.9 Å². The minimum absolute atomic E-state index is 0.325. The standard InChI is InChI=1S/C31H29N3O5/c1-3-38-27-17-21(15-16-26(27)39-18-22-11-8-10-20-9-4-5-12-23(20)22)28-19(2)33-31(29(28)34(36)37)24-13-6-7-14-25(24)32-30(31)35/h4-17,19,28-29,33H,3,18H2,1-2H3,(H,32,35)/t19-,28-,29-,31+/m0/s1. The number of hydrogen-bond donors (Lipinski definition) is 2. The summed E-state index contributed by atoms with van der Waals surface area (Å²) in [7, 11) is 0. The van der Waals surface area contributed by atoms with Crippen LogP contribution in [0.5, 0.6) is 11.5 Å². The topological polar surface area (TPSA) is 103 Å². The zero-order valence-electron chi connectivity index (χ0n) is 21.7. The Morgan fingerprint density at radius 2 is 1.72 bits per heavy atom. The Morgan fingerprint density at radius 3 is 2.54 bits per heavy atom. The maximum atomic E-state index is 13.3. The predicted octanol–water partition coefficient (Wildman–Crippen LogP) is 5.39. The number of fused-ring (bicyclic) bond motifs is 3. The van der Waals surface area contributed by atoms with Gasteiger partial charge in [-0.15, -0.1) is 0 Å². The number of ether oxygens (including phenoxy) is 2. The molecule has 0 aliphatic carbocycles. The van der Waals surface area contributed by atoms with E-state index >= 15 is 0 Å². The minimum atomic E-state index is -1.46. The lowest BCUT2D eigenvalue weighted by atomic mass is 9.78. The molecule has 2 N–H and O–H groups in total. The second kappa shape index (κ2) is 9.71. The number of rotatable bonds is 7. The van der Waals surface area contributed by atoms with Gasteiger partial charge in [-0.05, 0) is 53.9 Å². The van der Waals surface area contributed by atoms with E-state index in [4.69, 9.17) is 9.47 Å². The van der Waals surface area contributed by atoms with E-state index in [2.05, 4.69) is 28.8 Å². The van der Waals surface area contributed by atoms with Crippen LogP contribution in [0.2, 0.25) is 0 Å². The van der Waals surface area contributed by atoms with Crippen LogP contribution in [0.15, 0.2) is 84.9 Å². The number of anilines is 1. The molecule has 8 nitrogen and oxygen atoms in total. The minimum Gasteiger partial charge on any atom is -0.490 e. The normalized spacial score (nSPS) is 23.5. The molecular weight excluding hydrogens is 494 g/mol. The molecule has 0 bridgehead atoms. The fourth-order valence-corrected chi connectivity index (χ4v) is 6.25. The lowest BCUT2D eigenvalue weighted by Gasteiger charge is -2.25. The first kappa shape index (κ1) is 24.9. The van der Waals surface area contributed by atoms with Crippen molar-refractivity contribution in [2.75, 3.05) is 11.9 Å². The van der Waals surface area contributed by atoms with Crippen LogP contribution in [0, 0.1) is 10.1 Å². The lowest BCUT2D eigenvalue weighted by Crippen LogP contribution is -2.54. The highest BCUT2D eigenvalue weighted by Crippen LogP contribution is 2.50. The highest BCUT2D eigenvalue weighted by atomic mass is 16.6. The van der Waals surface area contributed by atoms with Gasteiger partial charge in [0.15, 0.2) is 17.0 Å². The van der Waals surface area contributed by atoms with Gasteiger partial charge < -0.3 is 14.8 Å². The first-order valence-corrected chi connectivity index (χ1v) is 13.1. The van der Waals surface area contributed by atoms with Crippen molar-refractivity contribution in [2.24, 2.45) is 0 Å². The Balaban J connectivity index is 1.35. The van der Waals surface area contributed by atoms with Crippen LogP contribution in [0.3, 0.4) is 0 Å². The second-order valence-corrected chi connectivity index (χ2v) is 10.1. The van der Waals surface area contributed by atoms with E-state index in [1.165, 1.54) is 0 Å². The van der Waals surface area contributed by atoms with Gasteiger partial charge >= 0.3 is 0 Å². The number of nitro groups is 1. The quantitative estimate of drug-likeness (QED) is 0.249.